The number of nitrogen functional groups attached to an aromatic ring is 1. The molecule has 74 valence electrons. The zero-order chi connectivity index (χ0) is 10.1. The summed E-state index contributed by atoms with van der Waals surface area (Å²) < 4.78 is 4.92. The Hall–Kier alpha value is -1.71. The second kappa shape index (κ2) is 3.21. The summed E-state index contributed by atoms with van der Waals surface area (Å²) in [5, 5.41) is 0. The molecule has 2 N–H and O–H groups in total. The molecule has 14 heavy (non-hydrogen) atoms. The van der Waals surface area contributed by atoms with Gasteiger partial charge in [0.2, 0.25) is 0 Å². The Kier molecular flexibility index (Phi) is 2.04. The Labute approximate surface area is 82.3 Å². The van der Waals surface area contributed by atoms with Crippen LogP contribution in [0.5, 0.6) is 0 Å². The van der Waals surface area contributed by atoms with Crippen molar-refractivity contribution in [3.8, 4) is 0 Å². The van der Waals surface area contributed by atoms with Crippen LogP contribution in [0.4, 0.5) is 16.2 Å². The normalized spacial score (nSPS) is 21.1. The van der Waals surface area contributed by atoms with Gasteiger partial charge in [0.05, 0.1) is 17.4 Å². The van der Waals surface area contributed by atoms with E-state index in [-0.39, 0.29) is 12.1 Å². The SMILES string of the molecule is C[C@H]1COC(=O)N1c1ccccc1N. The molecule has 0 spiro atoms. The van der Waals surface area contributed by atoms with E-state index in [0.29, 0.717) is 12.3 Å². The molecule has 4 heteroatoms. The minimum atomic E-state index is -0.324. The molecule has 0 saturated carbocycles. The Bertz CT molecular complexity index is 365. The maximum atomic E-state index is 11.4. The van der Waals surface area contributed by atoms with Crippen LogP contribution in [0.1, 0.15) is 6.92 Å². The Morgan fingerprint density at radius 1 is 1.50 bits per heavy atom. The zero-order valence-electron chi connectivity index (χ0n) is 7.93. The maximum absolute atomic E-state index is 11.4. The maximum Gasteiger partial charge on any atom is 0.414 e. The molecule has 0 aromatic heterocycles. The Balaban J connectivity index is 2.39. The number of rotatable bonds is 1. The molecule has 1 aromatic rings. The van der Waals surface area contributed by atoms with E-state index >= 15 is 0 Å². The minimum Gasteiger partial charge on any atom is -0.447 e. The lowest BCUT2D eigenvalue weighted by Crippen LogP contribution is -2.31. The van der Waals surface area contributed by atoms with Crippen LogP contribution >= 0.6 is 0 Å². The summed E-state index contributed by atoms with van der Waals surface area (Å²) in [4.78, 5) is 13.0. The average molecular weight is 192 g/mol. The Morgan fingerprint density at radius 3 is 2.79 bits per heavy atom. The highest BCUT2D eigenvalue weighted by Gasteiger charge is 2.31. The van der Waals surface area contributed by atoms with Crippen molar-refractivity contribution in [2.24, 2.45) is 0 Å². The summed E-state index contributed by atoms with van der Waals surface area (Å²) in [7, 11) is 0. The fourth-order valence-electron chi connectivity index (χ4n) is 1.56. The van der Waals surface area contributed by atoms with Gasteiger partial charge in [-0.3, -0.25) is 4.90 Å². The largest absolute Gasteiger partial charge is 0.447 e. The second-order valence-corrected chi connectivity index (χ2v) is 3.35. The highest BCUT2D eigenvalue weighted by Crippen LogP contribution is 2.27. The Morgan fingerprint density at radius 2 is 2.21 bits per heavy atom. The molecule has 1 aliphatic rings. The number of para-hydroxylation sites is 2. The fraction of sp³-hybridized carbons (Fsp3) is 0.300. The molecule has 0 radical (unpaired) electrons. The first-order valence-electron chi connectivity index (χ1n) is 4.50. The van der Waals surface area contributed by atoms with Crippen LogP contribution in [-0.4, -0.2) is 18.7 Å². The number of hydrogen-bond acceptors (Lipinski definition) is 3. The molecule has 0 aliphatic carbocycles. The summed E-state index contributed by atoms with van der Waals surface area (Å²) in [6, 6.07) is 7.33. The summed E-state index contributed by atoms with van der Waals surface area (Å²) in [6.07, 6.45) is -0.324. The van der Waals surface area contributed by atoms with Crippen molar-refractivity contribution in [3.05, 3.63) is 24.3 Å². The van der Waals surface area contributed by atoms with Gasteiger partial charge in [0, 0.05) is 0 Å². The molecule has 2 rings (SSSR count). The first-order valence-corrected chi connectivity index (χ1v) is 4.50. The van der Waals surface area contributed by atoms with Crippen LogP contribution in [0, 0.1) is 0 Å². The molecule has 4 nitrogen and oxygen atoms in total. The van der Waals surface area contributed by atoms with Gasteiger partial charge in [0.1, 0.15) is 6.61 Å². The first kappa shape index (κ1) is 8.87. The van der Waals surface area contributed by atoms with E-state index in [4.69, 9.17) is 10.5 Å². The highest BCUT2D eigenvalue weighted by atomic mass is 16.6. The van der Waals surface area contributed by atoms with Gasteiger partial charge < -0.3 is 10.5 Å². The molecule has 1 atom stereocenters. The van der Waals surface area contributed by atoms with Crippen molar-refractivity contribution in [1.29, 1.82) is 0 Å². The average Bonchev–Trinajstić information content (AvgIpc) is 2.48. The van der Waals surface area contributed by atoms with Crippen molar-refractivity contribution in [1.82, 2.24) is 0 Å². The third-order valence-corrected chi connectivity index (χ3v) is 2.28. The molecule has 1 saturated heterocycles. The van der Waals surface area contributed by atoms with Crippen LogP contribution in [0.3, 0.4) is 0 Å². The number of anilines is 2. The van der Waals surface area contributed by atoms with Gasteiger partial charge in [-0.15, -0.1) is 0 Å². The molecule has 1 amide bonds. The van der Waals surface area contributed by atoms with Crippen molar-refractivity contribution in [2.45, 2.75) is 13.0 Å². The number of ether oxygens (including phenoxy) is 1. The van der Waals surface area contributed by atoms with Crippen LogP contribution in [0.2, 0.25) is 0 Å². The van der Waals surface area contributed by atoms with Gasteiger partial charge >= 0.3 is 6.09 Å². The predicted octanol–water partition coefficient (Wildman–Crippen LogP) is 1.61. The van der Waals surface area contributed by atoms with Crippen LogP contribution in [0.15, 0.2) is 24.3 Å². The molecule has 1 heterocycles. The molecule has 1 fully saturated rings. The van der Waals surface area contributed by atoms with Gasteiger partial charge in [-0.25, -0.2) is 4.79 Å². The van der Waals surface area contributed by atoms with Crippen molar-refractivity contribution >= 4 is 17.5 Å². The quantitative estimate of drug-likeness (QED) is 0.688. The zero-order valence-corrected chi connectivity index (χ0v) is 7.93. The van der Waals surface area contributed by atoms with Crippen LogP contribution in [0.25, 0.3) is 0 Å². The van der Waals surface area contributed by atoms with Crippen LogP contribution < -0.4 is 10.6 Å². The number of benzene rings is 1. The van der Waals surface area contributed by atoms with Gasteiger partial charge in [0.25, 0.3) is 0 Å². The van der Waals surface area contributed by atoms with E-state index < -0.39 is 0 Å². The minimum absolute atomic E-state index is 0.0483. The lowest BCUT2D eigenvalue weighted by molar-refractivity contribution is 0.179. The van der Waals surface area contributed by atoms with E-state index in [0.717, 1.165) is 5.69 Å². The van der Waals surface area contributed by atoms with Gasteiger partial charge in [-0.1, -0.05) is 12.1 Å². The number of carbonyl (C=O) groups is 1. The number of nitrogens with zero attached hydrogens (tertiary/aromatic N) is 1. The number of cyclic esters (lactones) is 1. The van der Waals surface area contributed by atoms with Crippen LogP contribution in [-0.2, 0) is 4.74 Å². The second-order valence-electron chi connectivity index (χ2n) is 3.35. The number of amides is 1. The summed E-state index contributed by atoms with van der Waals surface area (Å²) in [6.45, 7) is 2.35. The third-order valence-electron chi connectivity index (χ3n) is 2.28. The van der Waals surface area contributed by atoms with E-state index in [1.807, 2.05) is 25.1 Å². The monoisotopic (exact) mass is 192 g/mol. The number of nitrogens with two attached hydrogens (primary N) is 1. The van der Waals surface area contributed by atoms with E-state index in [2.05, 4.69) is 0 Å². The summed E-state index contributed by atoms with van der Waals surface area (Å²) in [5.41, 5.74) is 7.10. The molecule has 1 aromatic carbocycles. The van der Waals surface area contributed by atoms with Gasteiger partial charge in [-0.2, -0.15) is 0 Å². The van der Waals surface area contributed by atoms with E-state index in [1.165, 1.54) is 0 Å². The highest BCUT2D eigenvalue weighted by molar-refractivity contribution is 5.93. The van der Waals surface area contributed by atoms with Crippen molar-refractivity contribution < 1.29 is 9.53 Å². The fourth-order valence-corrected chi connectivity index (χ4v) is 1.56. The first-order chi connectivity index (χ1) is 6.70. The van der Waals surface area contributed by atoms with Crippen molar-refractivity contribution in [3.63, 3.8) is 0 Å². The summed E-state index contributed by atoms with van der Waals surface area (Å²) in [5.74, 6) is 0. The smallest absolute Gasteiger partial charge is 0.414 e. The molecule has 0 unspecified atom stereocenters. The third kappa shape index (κ3) is 1.28. The molecular weight excluding hydrogens is 180 g/mol. The lowest BCUT2D eigenvalue weighted by Gasteiger charge is -2.19. The predicted molar refractivity (Wildman–Crippen MR) is 54.1 cm³/mol. The van der Waals surface area contributed by atoms with E-state index in [9.17, 15) is 4.79 Å². The van der Waals surface area contributed by atoms with Crippen molar-refractivity contribution in [2.75, 3.05) is 17.2 Å². The topological polar surface area (TPSA) is 55.6 Å². The van der Waals surface area contributed by atoms with E-state index in [1.54, 1.807) is 11.0 Å². The lowest BCUT2D eigenvalue weighted by atomic mass is 10.2. The molecule has 1 aliphatic heterocycles. The standard InChI is InChI=1S/C10H12N2O2/c1-7-6-14-10(13)12(7)9-5-3-2-4-8(9)11/h2-5,7H,6,11H2,1H3/t7-/m0/s1. The summed E-state index contributed by atoms with van der Waals surface area (Å²) >= 11 is 0. The number of hydrogen-bond donors (Lipinski definition) is 1. The molecule has 0 bridgehead atoms. The number of carbonyl (C=O) groups excluding carboxylic acids is 1. The van der Waals surface area contributed by atoms with Gasteiger partial charge in [0.15, 0.2) is 0 Å². The van der Waals surface area contributed by atoms with Gasteiger partial charge in [-0.05, 0) is 19.1 Å². The molecular formula is C10H12N2O2.